The second-order valence-corrected chi connectivity index (χ2v) is 2.44. The van der Waals surface area contributed by atoms with E-state index in [9.17, 15) is 4.79 Å². The molecule has 0 amide bonds. The Morgan fingerprint density at radius 2 is 2.08 bits per heavy atom. The number of ether oxygens (including phenoxy) is 2. The van der Waals surface area contributed by atoms with Crippen LogP contribution < -0.4 is 0 Å². The molecule has 1 rings (SSSR count). The second kappa shape index (κ2) is 4.69. The van der Waals surface area contributed by atoms with Crippen LogP contribution in [0.5, 0.6) is 0 Å². The molecule has 1 heterocycles. The van der Waals surface area contributed by atoms with E-state index >= 15 is 0 Å². The molecule has 13 heavy (non-hydrogen) atoms. The number of carbonyl (C=O) groups excluding carboxylic acids is 1. The predicted octanol–water partition coefficient (Wildman–Crippen LogP) is 1.19. The van der Waals surface area contributed by atoms with Crippen molar-refractivity contribution in [1.82, 2.24) is 4.98 Å². The molecule has 0 unspecified atom stereocenters. The van der Waals surface area contributed by atoms with Gasteiger partial charge in [-0.05, 0) is 12.1 Å². The van der Waals surface area contributed by atoms with Crippen molar-refractivity contribution in [2.75, 3.05) is 14.2 Å². The molecule has 0 spiro atoms. The number of rotatable bonds is 4. The average Bonchev–Trinajstić information content (AvgIpc) is 2.21. The summed E-state index contributed by atoms with van der Waals surface area (Å²) < 4.78 is 9.97. The molecule has 1 aromatic rings. The third-order valence-corrected chi connectivity index (χ3v) is 1.61. The first-order valence-corrected chi connectivity index (χ1v) is 3.78. The molecule has 0 saturated carbocycles. The van der Waals surface area contributed by atoms with Gasteiger partial charge >= 0.3 is 0 Å². The number of nitrogens with zero attached hydrogens (tertiary/aromatic N) is 1. The Labute approximate surface area is 76.5 Å². The maximum atomic E-state index is 10.3. The first-order valence-electron chi connectivity index (χ1n) is 3.78. The van der Waals surface area contributed by atoms with Gasteiger partial charge in [0.05, 0.1) is 5.69 Å². The third-order valence-electron chi connectivity index (χ3n) is 1.61. The smallest absolute Gasteiger partial charge is 0.200 e. The van der Waals surface area contributed by atoms with E-state index in [0.717, 1.165) is 6.29 Å². The topological polar surface area (TPSA) is 48.4 Å². The normalized spacial score (nSPS) is 10.4. The molecule has 70 valence electrons. The van der Waals surface area contributed by atoms with Crippen LogP contribution in [0.1, 0.15) is 22.3 Å². The summed E-state index contributed by atoms with van der Waals surface area (Å²) in [7, 11) is 3.06. The van der Waals surface area contributed by atoms with Gasteiger partial charge in [-0.1, -0.05) is 0 Å². The highest BCUT2D eigenvalue weighted by Crippen LogP contribution is 2.13. The zero-order chi connectivity index (χ0) is 9.68. The highest BCUT2D eigenvalue weighted by Gasteiger charge is 2.09. The fraction of sp³-hybridized carbons (Fsp3) is 0.333. The molecule has 0 radical (unpaired) electrons. The lowest BCUT2D eigenvalue weighted by Gasteiger charge is -2.11. The molecule has 4 heteroatoms. The Hall–Kier alpha value is -1.26. The van der Waals surface area contributed by atoms with Gasteiger partial charge in [0.1, 0.15) is 0 Å². The highest BCUT2D eigenvalue weighted by molar-refractivity contribution is 5.73. The van der Waals surface area contributed by atoms with Crippen molar-refractivity contribution < 1.29 is 14.3 Å². The van der Waals surface area contributed by atoms with Crippen LogP contribution in [0.25, 0.3) is 0 Å². The number of pyridine rings is 1. The largest absolute Gasteiger partial charge is 0.350 e. The van der Waals surface area contributed by atoms with E-state index in [2.05, 4.69) is 4.98 Å². The third kappa shape index (κ3) is 2.34. The number of hydrogen-bond donors (Lipinski definition) is 0. The molecule has 0 aliphatic heterocycles. The SMILES string of the molecule is COC(OC)c1ccc(C=O)cn1. The molecular formula is C9H11NO3. The fourth-order valence-electron chi connectivity index (χ4n) is 0.964. The van der Waals surface area contributed by atoms with Gasteiger partial charge in [0.25, 0.3) is 0 Å². The van der Waals surface area contributed by atoms with Crippen molar-refractivity contribution in [1.29, 1.82) is 0 Å². The monoisotopic (exact) mass is 181 g/mol. The molecule has 0 N–H and O–H groups in total. The maximum absolute atomic E-state index is 10.3. The van der Waals surface area contributed by atoms with Crippen LogP contribution in [0, 0.1) is 0 Å². The van der Waals surface area contributed by atoms with Crippen LogP contribution >= 0.6 is 0 Å². The number of aldehydes is 1. The molecule has 0 saturated heterocycles. The van der Waals surface area contributed by atoms with Crippen molar-refractivity contribution in [2.45, 2.75) is 6.29 Å². The van der Waals surface area contributed by atoms with E-state index in [0.29, 0.717) is 11.3 Å². The minimum Gasteiger partial charge on any atom is -0.350 e. The molecule has 1 aromatic heterocycles. The first-order chi connectivity index (χ1) is 6.31. The molecule has 0 fully saturated rings. The molecular weight excluding hydrogens is 170 g/mol. The van der Waals surface area contributed by atoms with Gasteiger partial charge in [-0.15, -0.1) is 0 Å². The van der Waals surface area contributed by atoms with Gasteiger partial charge in [-0.2, -0.15) is 0 Å². The van der Waals surface area contributed by atoms with Crippen LogP contribution in [0.4, 0.5) is 0 Å². The minimum atomic E-state index is -0.472. The minimum absolute atomic E-state index is 0.472. The summed E-state index contributed by atoms with van der Waals surface area (Å²) in [6, 6.07) is 3.36. The fourth-order valence-corrected chi connectivity index (χ4v) is 0.964. The van der Waals surface area contributed by atoms with Crippen molar-refractivity contribution in [3.05, 3.63) is 29.6 Å². The number of methoxy groups -OCH3 is 2. The van der Waals surface area contributed by atoms with E-state index in [1.165, 1.54) is 20.4 Å². The lowest BCUT2D eigenvalue weighted by Crippen LogP contribution is -2.05. The molecule has 0 aromatic carbocycles. The van der Waals surface area contributed by atoms with Gasteiger partial charge in [-0.3, -0.25) is 9.78 Å². The van der Waals surface area contributed by atoms with Crippen molar-refractivity contribution in [3.8, 4) is 0 Å². The summed E-state index contributed by atoms with van der Waals surface area (Å²) in [5.74, 6) is 0. The summed E-state index contributed by atoms with van der Waals surface area (Å²) in [5.41, 5.74) is 1.19. The van der Waals surface area contributed by atoms with Crippen LogP contribution in [-0.4, -0.2) is 25.5 Å². The zero-order valence-electron chi connectivity index (χ0n) is 7.56. The Morgan fingerprint density at radius 1 is 1.38 bits per heavy atom. The van der Waals surface area contributed by atoms with E-state index in [1.54, 1.807) is 12.1 Å². The highest BCUT2D eigenvalue weighted by atomic mass is 16.7. The zero-order valence-corrected chi connectivity index (χ0v) is 7.56. The van der Waals surface area contributed by atoms with Crippen LogP contribution in [0.3, 0.4) is 0 Å². The number of aromatic nitrogens is 1. The van der Waals surface area contributed by atoms with E-state index in [4.69, 9.17) is 9.47 Å². The van der Waals surface area contributed by atoms with Gasteiger partial charge in [0, 0.05) is 26.0 Å². The summed E-state index contributed by atoms with van der Waals surface area (Å²) >= 11 is 0. The van der Waals surface area contributed by atoms with Crippen molar-refractivity contribution >= 4 is 6.29 Å². The van der Waals surface area contributed by atoms with Crippen LogP contribution in [-0.2, 0) is 9.47 Å². The molecule has 0 aliphatic rings. The molecule has 0 atom stereocenters. The van der Waals surface area contributed by atoms with E-state index < -0.39 is 6.29 Å². The van der Waals surface area contributed by atoms with Crippen molar-refractivity contribution in [3.63, 3.8) is 0 Å². The Kier molecular flexibility index (Phi) is 3.54. The van der Waals surface area contributed by atoms with E-state index in [-0.39, 0.29) is 0 Å². The summed E-state index contributed by atoms with van der Waals surface area (Å²) in [4.78, 5) is 14.3. The van der Waals surface area contributed by atoms with Gasteiger partial charge in [0.2, 0.25) is 6.29 Å². The Morgan fingerprint density at radius 3 is 2.46 bits per heavy atom. The standard InChI is InChI=1S/C9H11NO3/c1-12-9(13-2)8-4-3-7(6-11)5-10-8/h3-6,9H,1-2H3. The van der Waals surface area contributed by atoms with Gasteiger partial charge < -0.3 is 9.47 Å². The average molecular weight is 181 g/mol. The van der Waals surface area contributed by atoms with Crippen LogP contribution in [0.15, 0.2) is 18.3 Å². The molecule has 0 bridgehead atoms. The van der Waals surface area contributed by atoms with Gasteiger partial charge in [0.15, 0.2) is 6.29 Å². The second-order valence-electron chi connectivity index (χ2n) is 2.44. The van der Waals surface area contributed by atoms with Crippen LogP contribution in [0.2, 0.25) is 0 Å². The summed E-state index contributed by atoms with van der Waals surface area (Å²) in [6.07, 6.45) is 1.75. The quantitative estimate of drug-likeness (QED) is 0.517. The lowest BCUT2D eigenvalue weighted by molar-refractivity contribution is -0.108. The molecule has 0 aliphatic carbocycles. The lowest BCUT2D eigenvalue weighted by atomic mass is 10.2. The summed E-state index contributed by atoms with van der Waals surface area (Å²) in [5, 5.41) is 0. The predicted molar refractivity (Wildman–Crippen MR) is 46.4 cm³/mol. The maximum Gasteiger partial charge on any atom is 0.200 e. The summed E-state index contributed by atoms with van der Waals surface area (Å²) in [6.45, 7) is 0. The first kappa shape index (κ1) is 9.83. The molecule has 4 nitrogen and oxygen atoms in total. The number of hydrogen-bond acceptors (Lipinski definition) is 4. The van der Waals surface area contributed by atoms with E-state index in [1.807, 2.05) is 0 Å². The Balaban J connectivity index is 2.83. The van der Waals surface area contributed by atoms with Crippen molar-refractivity contribution in [2.24, 2.45) is 0 Å². The van der Waals surface area contributed by atoms with Gasteiger partial charge in [-0.25, -0.2) is 0 Å². The Bertz CT molecular complexity index is 267. The number of carbonyl (C=O) groups is 1.